The van der Waals surface area contributed by atoms with Gasteiger partial charge in [-0.3, -0.25) is 0 Å². The summed E-state index contributed by atoms with van der Waals surface area (Å²) in [5, 5.41) is 3.16. The zero-order valence-electron chi connectivity index (χ0n) is 16.2. The van der Waals surface area contributed by atoms with Gasteiger partial charge in [-0.05, 0) is 35.4 Å². The fourth-order valence-electron chi connectivity index (χ4n) is 3.11. The number of nitrogens with one attached hydrogen (secondary N) is 1. The third-order valence-electron chi connectivity index (χ3n) is 4.70. The van der Waals surface area contributed by atoms with E-state index in [-0.39, 0.29) is 6.54 Å². The van der Waals surface area contributed by atoms with Crippen molar-refractivity contribution in [2.75, 3.05) is 5.32 Å². The van der Waals surface area contributed by atoms with Crippen LogP contribution in [0, 0.1) is 5.82 Å². The number of hydrogen-bond acceptors (Lipinski definition) is 3. The molecule has 1 heterocycles. The summed E-state index contributed by atoms with van der Waals surface area (Å²) < 4.78 is 52.1. The van der Waals surface area contributed by atoms with Crippen LogP contribution in [-0.2, 0) is 12.7 Å². The maximum atomic E-state index is 13.8. The largest absolute Gasteiger partial charge is 0.416 e. The van der Waals surface area contributed by atoms with Gasteiger partial charge in [0.1, 0.15) is 11.6 Å². The molecular formula is C24H17F4N3. The first-order valence-electron chi connectivity index (χ1n) is 9.48. The van der Waals surface area contributed by atoms with Crippen LogP contribution in [0.25, 0.3) is 22.5 Å². The van der Waals surface area contributed by atoms with E-state index in [1.54, 1.807) is 18.3 Å². The predicted molar refractivity (Wildman–Crippen MR) is 112 cm³/mol. The molecule has 31 heavy (non-hydrogen) atoms. The molecule has 0 aliphatic rings. The Morgan fingerprint density at radius 3 is 2.19 bits per heavy atom. The van der Waals surface area contributed by atoms with E-state index in [1.165, 1.54) is 24.3 Å². The Morgan fingerprint density at radius 2 is 1.52 bits per heavy atom. The molecule has 4 rings (SSSR count). The molecule has 0 saturated heterocycles. The fourth-order valence-corrected chi connectivity index (χ4v) is 3.11. The van der Waals surface area contributed by atoms with Crippen LogP contribution in [0.15, 0.2) is 85.1 Å². The zero-order valence-corrected chi connectivity index (χ0v) is 16.2. The molecule has 0 unspecified atom stereocenters. The highest BCUT2D eigenvalue weighted by molar-refractivity contribution is 5.76. The Kier molecular flexibility index (Phi) is 5.66. The van der Waals surface area contributed by atoms with Crippen LogP contribution in [0.5, 0.6) is 0 Å². The molecule has 1 aromatic heterocycles. The van der Waals surface area contributed by atoms with Crippen molar-refractivity contribution < 1.29 is 17.6 Å². The van der Waals surface area contributed by atoms with E-state index in [4.69, 9.17) is 0 Å². The molecule has 0 fully saturated rings. The number of benzene rings is 3. The molecule has 0 aliphatic heterocycles. The van der Waals surface area contributed by atoms with Gasteiger partial charge in [-0.25, -0.2) is 14.4 Å². The number of rotatable bonds is 5. The minimum absolute atomic E-state index is 0.242. The van der Waals surface area contributed by atoms with Crippen molar-refractivity contribution in [3.8, 4) is 22.5 Å². The molecule has 4 aromatic rings. The van der Waals surface area contributed by atoms with Crippen LogP contribution >= 0.6 is 0 Å². The second-order valence-electron chi connectivity index (χ2n) is 6.88. The molecule has 0 amide bonds. The third-order valence-corrected chi connectivity index (χ3v) is 4.70. The van der Waals surface area contributed by atoms with Gasteiger partial charge in [0.05, 0.1) is 5.56 Å². The number of hydrogen-bond donors (Lipinski definition) is 1. The normalized spacial score (nSPS) is 11.4. The summed E-state index contributed by atoms with van der Waals surface area (Å²) in [6.45, 7) is 0.242. The number of anilines is 1. The van der Waals surface area contributed by atoms with Gasteiger partial charge < -0.3 is 5.32 Å². The van der Waals surface area contributed by atoms with Crippen LogP contribution in [0.3, 0.4) is 0 Å². The first-order valence-corrected chi connectivity index (χ1v) is 9.48. The number of halogens is 4. The lowest BCUT2D eigenvalue weighted by molar-refractivity contribution is -0.137. The SMILES string of the molecule is Fc1cccc(-c2cnc(-c3ccccc3)nc2NCc2ccc(C(F)(F)F)cc2)c1. The average Bonchev–Trinajstić information content (AvgIpc) is 2.78. The van der Waals surface area contributed by atoms with Gasteiger partial charge in [-0.1, -0.05) is 54.6 Å². The summed E-state index contributed by atoms with van der Waals surface area (Å²) in [6.07, 6.45) is -2.77. The van der Waals surface area contributed by atoms with E-state index < -0.39 is 17.6 Å². The molecule has 0 bridgehead atoms. The van der Waals surface area contributed by atoms with E-state index in [0.717, 1.165) is 17.7 Å². The molecular weight excluding hydrogens is 406 g/mol. The van der Waals surface area contributed by atoms with Gasteiger partial charge >= 0.3 is 6.18 Å². The lowest BCUT2D eigenvalue weighted by Crippen LogP contribution is -2.07. The molecule has 0 aliphatic carbocycles. The van der Waals surface area contributed by atoms with Gasteiger partial charge in [-0.2, -0.15) is 13.2 Å². The number of alkyl halides is 3. The van der Waals surface area contributed by atoms with Crippen LogP contribution in [0.2, 0.25) is 0 Å². The van der Waals surface area contributed by atoms with Gasteiger partial charge in [0.2, 0.25) is 0 Å². The highest BCUT2D eigenvalue weighted by Crippen LogP contribution is 2.31. The Balaban J connectivity index is 1.66. The van der Waals surface area contributed by atoms with Gasteiger partial charge in [-0.15, -0.1) is 0 Å². The molecule has 3 aromatic carbocycles. The quantitative estimate of drug-likeness (QED) is 0.369. The third kappa shape index (κ3) is 4.88. The van der Waals surface area contributed by atoms with E-state index in [2.05, 4.69) is 15.3 Å². The summed E-state index contributed by atoms with van der Waals surface area (Å²) in [4.78, 5) is 9.01. The van der Waals surface area contributed by atoms with Crippen molar-refractivity contribution in [1.82, 2.24) is 9.97 Å². The fraction of sp³-hybridized carbons (Fsp3) is 0.0833. The van der Waals surface area contributed by atoms with Crippen molar-refractivity contribution in [2.45, 2.75) is 12.7 Å². The van der Waals surface area contributed by atoms with Crippen LogP contribution in [0.1, 0.15) is 11.1 Å². The zero-order chi connectivity index (χ0) is 21.8. The summed E-state index contributed by atoms with van der Waals surface area (Å²) in [7, 11) is 0. The molecule has 0 spiro atoms. The van der Waals surface area contributed by atoms with Crippen LogP contribution < -0.4 is 5.32 Å². The highest BCUT2D eigenvalue weighted by atomic mass is 19.4. The molecule has 0 radical (unpaired) electrons. The van der Waals surface area contributed by atoms with Crippen molar-refractivity contribution in [2.24, 2.45) is 0 Å². The summed E-state index contributed by atoms with van der Waals surface area (Å²) in [5.74, 6) is 0.549. The Labute approximate surface area is 176 Å². The van der Waals surface area contributed by atoms with E-state index >= 15 is 0 Å². The van der Waals surface area contributed by atoms with Gasteiger partial charge in [0, 0.05) is 23.9 Å². The first kappa shape index (κ1) is 20.5. The highest BCUT2D eigenvalue weighted by Gasteiger charge is 2.29. The first-order chi connectivity index (χ1) is 14.9. The molecule has 156 valence electrons. The van der Waals surface area contributed by atoms with E-state index in [9.17, 15) is 17.6 Å². The van der Waals surface area contributed by atoms with Crippen molar-refractivity contribution in [1.29, 1.82) is 0 Å². The monoisotopic (exact) mass is 423 g/mol. The Hall–Kier alpha value is -3.74. The minimum atomic E-state index is -4.38. The van der Waals surface area contributed by atoms with Crippen molar-refractivity contribution >= 4 is 5.82 Å². The topological polar surface area (TPSA) is 37.8 Å². The van der Waals surface area contributed by atoms with Crippen LogP contribution in [-0.4, -0.2) is 9.97 Å². The maximum absolute atomic E-state index is 13.8. The maximum Gasteiger partial charge on any atom is 0.416 e. The standard InChI is InChI=1S/C24H17F4N3/c25-20-8-4-7-18(13-20)21-15-30-22(17-5-2-1-3-6-17)31-23(21)29-14-16-9-11-19(12-10-16)24(26,27)28/h1-13,15H,14H2,(H,29,30,31). The van der Waals surface area contributed by atoms with Gasteiger partial charge in [0.25, 0.3) is 0 Å². The predicted octanol–water partition coefficient (Wildman–Crippen LogP) is 6.58. The number of aromatic nitrogens is 2. The molecule has 3 nitrogen and oxygen atoms in total. The Bertz CT molecular complexity index is 1170. The van der Waals surface area contributed by atoms with Gasteiger partial charge in [0.15, 0.2) is 5.82 Å². The second-order valence-corrected chi connectivity index (χ2v) is 6.88. The smallest absolute Gasteiger partial charge is 0.365 e. The lowest BCUT2D eigenvalue weighted by atomic mass is 10.1. The second kappa shape index (κ2) is 8.55. The number of nitrogens with zero attached hydrogens (tertiary/aromatic N) is 2. The minimum Gasteiger partial charge on any atom is -0.365 e. The lowest BCUT2D eigenvalue weighted by Gasteiger charge is -2.13. The molecule has 1 N–H and O–H groups in total. The van der Waals surface area contributed by atoms with E-state index in [1.807, 2.05) is 30.3 Å². The van der Waals surface area contributed by atoms with Crippen molar-refractivity contribution in [3.05, 3.63) is 102 Å². The summed E-state index contributed by atoms with van der Waals surface area (Å²) in [6, 6.07) is 20.3. The molecule has 0 saturated carbocycles. The van der Waals surface area contributed by atoms with E-state index in [0.29, 0.717) is 28.3 Å². The van der Waals surface area contributed by atoms with Crippen LogP contribution in [0.4, 0.5) is 23.4 Å². The van der Waals surface area contributed by atoms with Crippen molar-refractivity contribution in [3.63, 3.8) is 0 Å². The summed E-state index contributed by atoms with van der Waals surface area (Å²) >= 11 is 0. The molecule has 7 heteroatoms. The Morgan fingerprint density at radius 1 is 0.806 bits per heavy atom. The average molecular weight is 423 g/mol. The molecule has 0 atom stereocenters. The summed E-state index contributed by atoms with van der Waals surface area (Å²) in [5.41, 5.74) is 1.94.